The predicted molar refractivity (Wildman–Crippen MR) is 377 cm³/mol. The largest absolute Gasteiger partial charge is 0.497 e. The average Bonchev–Trinajstić information content (AvgIpc) is 1.43. The van der Waals surface area contributed by atoms with Gasteiger partial charge in [0.05, 0.1) is 36.2 Å². The molecular formula is C69H86N18O11Zn. The number of carboxylic acids is 1. The van der Waals surface area contributed by atoms with Crippen molar-refractivity contribution in [1.82, 2.24) is 64.3 Å². The monoisotopic (exact) mass is 1410 g/mol. The number of aromatic carboxylic acids is 1. The molecule has 15 rings (SSSR count). The second-order valence-corrected chi connectivity index (χ2v) is 25.7. The number of aryl methyl sites for hydroxylation is 2. The number of fused-ring (bicyclic) bond motifs is 10. The number of rotatable bonds is 8. The molecule has 7 aliphatic rings. The van der Waals surface area contributed by atoms with Crippen LogP contribution in [0.25, 0.3) is 21.8 Å². The molecule has 12 N–H and O–H groups in total. The summed E-state index contributed by atoms with van der Waals surface area (Å²) in [6.45, 7) is 10.4. The molecule has 8 aromatic rings. The van der Waals surface area contributed by atoms with Crippen molar-refractivity contribution in [2.24, 2.45) is 0 Å². The van der Waals surface area contributed by atoms with E-state index >= 15 is 0 Å². The van der Waals surface area contributed by atoms with Crippen LogP contribution in [0.5, 0.6) is 11.5 Å². The number of nitrogen functional groups attached to an aromatic ring is 2. The molecule has 3 saturated heterocycles. The summed E-state index contributed by atoms with van der Waals surface area (Å²) < 4.78 is 15.5. The molecule has 0 aliphatic carbocycles. The van der Waals surface area contributed by atoms with Crippen LogP contribution < -0.4 is 74.9 Å². The van der Waals surface area contributed by atoms with Gasteiger partial charge < -0.3 is 77.6 Å². The number of carboxylic acid groups (broad SMARTS) is 1. The summed E-state index contributed by atoms with van der Waals surface area (Å²) >= 11 is 0. The topological polar surface area (TPSA) is 378 Å². The Bertz CT molecular complexity index is 4850. The zero-order valence-corrected chi connectivity index (χ0v) is 57.6. The predicted octanol–water partition coefficient (Wildman–Crippen LogP) is 5.80. The number of nitrogens with two attached hydrogens (primary N) is 2. The van der Waals surface area contributed by atoms with E-state index < -0.39 is 28.5 Å². The Morgan fingerprint density at radius 1 is 0.636 bits per heavy atom. The van der Waals surface area contributed by atoms with Crippen LogP contribution in [0.1, 0.15) is 136 Å². The van der Waals surface area contributed by atoms with Crippen molar-refractivity contribution in [3.8, 4) is 11.5 Å². The maximum atomic E-state index is 13.8. The number of nitrogens with zero attached hydrogens (tertiary/aromatic N) is 9. The van der Waals surface area contributed by atoms with Crippen LogP contribution in [0.15, 0.2) is 80.2 Å². The smallest absolute Gasteiger partial charge is 0.339 e. The van der Waals surface area contributed by atoms with Crippen LogP contribution in [0.3, 0.4) is 0 Å². The number of anilines is 7. The molecule has 14 heterocycles. The second-order valence-electron chi connectivity index (χ2n) is 25.7. The zero-order chi connectivity index (χ0) is 67.3. The number of hydrogen-bond donors (Lipinski definition) is 10. The number of methoxy groups -OCH3 is 2. The summed E-state index contributed by atoms with van der Waals surface area (Å²) in [4.78, 5) is 127. The number of aromatic nitrogens is 7. The number of carbonyl (C=O) groups excluding carboxylic acids is 3. The Morgan fingerprint density at radius 2 is 1.17 bits per heavy atom. The third-order valence-electron chi connectivity index (χ3n) is 19.8. The number of piperidine rings is 3. The SMILES string of the molecule is C.C.C.COc1ccc(CNc2cc(Nc3cc(C)c4n(c3=O)C3(CCN(C)CC3)NC4=O)c(C(=O)O)cn2)c(OC)c1.Cc1c2c(c(=O)n3c1C(=O)NC31CCN(C)CC1)Nc1cc(N)ncc1C2.Cc1c2n(c(=O)c3[nH]c4cc(N)ncc4c(=O)c13)C1(CCN(C)CC1)NC2=O.[Zn]. The zero-order valence-electron chi connectivity index (χ0n) is 54.6. The Kier molecular flexibility index (Phi) is 20.5. The summed E-state index contributed by atoms with van der Waals surface area (Å²) in [6.07, 6.45) is 8.77. The first-order chi connectivity index (χ1) is 45.4. The van der Waals surface area contributed by atoms with Gasteiger partial charge in [-0.05, 0) is 87.9 Å². The minimum Gasteiger partial charge on any atom is -0.497 e. The van der Waals surface area contributed by atoms with Crippen molar-refractivity contribution < 1.29 is 53.2 Å². The molecule has 7 aliphatic heterocycles. The van der Waals surface area contributed by atoms with Crippen molar-refractivity contribution in [2.45, 2.75) is 112 Å². The molecule has 3 fully saturated rings. The average molecular weight is 1410 g/mol. The molecule has 30 heteroatoms. The number of amides is 3. The normalized spacial score (nSPS) is 17.1. The quantitative estimate of drug-likeness (QED) is 0.0634. The fourth-order valence-corrected chi connectivity index (χ4v) is 14.5. The molecule has 7 aromatic heterocycles. The number of pyridine rings is 7. The van der Waals surface area contributed by atoms with Gasteiger partial charge in [-0.15, -0.1) is 0 Å². The van der Waals surface area contributed by atoms with Crippen LogP contribution >= 0.6 is 0 Å². The van der Waals surface area contributed by atoms with Crippen LogP contribution in [0.4, 0.5) is 40.2 Å². The fraction of sp³-hybridized carbons (Fsp3) is 0.406. The summed E-state index contributed by atoms with van der Waals surface area (Å²) in [6, 6.07) is 11.9. The van der Waals surface area contributed by atoms with Gasteiger partial charge in [-0.25, -0.2) is 19.7 Å². The van der Waals surface area contributed by atoms with Crippen molar-refractivity contribution in [2.75, 3.05) is 102 Å². The van der Waals surface area contributed by atoms with Gasteiger partial charge in [0.2, 0.25) is 0 Å². The number of H-pyrrole nitrogens is 1. The first-order valence-corrected chi connectivity index (χ1v) is 31.3. The molecule has 3 spiro atoms. The minimum absolute atomic E-state index is 0. The minimum atomic E-state index is -1.19. The third-order valence-corrected chi connectivity index (χ3v) is 19.8. The van der Waals surface area contributed by atoms with Crippen LogP contribution in [0.2, 0.25) is 0 Å². The number of likely N-dealkylation sites (tertiary alicyclic amines) is 3. The molecule has 0 unspecified atom stereocenters. The second kappa shape index (κ2) is 27.7. The van der Waals surface area contributed by atoms with E-state index in [1.54, 1.807) is 72.2 Å². The molecule has 0 atom stereocenters. The number of hydrogen-bond acceptors (Lipinski definition) is 21. The fourth-order valence-electron chi connectivity index (χ4n) is 14.5. The van der Waals surface area contributed by atoms with Crippen molar-refractivity contribution in [3.05, 3.63) is 158 Å². The molecule has 520 valence electrons. The number of ether oxygens (including phenoxy) is 2. The van der Waals surface area contributed by atoms with E-state index in [0.717, 1.165) is 67.2 Å². The summed E-state index contributed by atoms with van der Waals surface area (Å²) in [5.74, 6) is 0.406. The molecule has 3 amide bonds. The first-order valence-electron chi connectivity index (χ1n) is 31.3. The Hall–Kier alpha value is -10.0. The number of carbonyl (C=O) groups is 4. The third kappa shape index (κ3) is 12.5. The molecule has 0 saturated carbocycles. The molecular weight excluding hydrogens is 1320 g/mol. The van der Waals surface area contributed by atoms with E-state index in [1.807, 2.05) is 33.2 Å². The number of benzene rings is 1. The van der Waals surface area contributed by atoms with Crippen molar-refractivity contribution in [1.29, 1.82) is 0 Å². The van der Waals surface area contributed by atoms with Crippen molar-refractivity contribution >= 4 is 85.7 Å². The standard InChI is InChI=1S/C28H32N6O6.C19H20N6O3.C19H22N6O2.3CH4.Zn/c1-16-11-21(26(36)34-24(16)25(35)32-28(34)7-9-33(2)10-8-28)31-20-13-23(30-15-19(20)27(37)38)29-14-17-5-6-18(39-3)12-22(17)40-4;1-9-13-14(22-11-7-12(20)21-8-10(11)16(13)26)18(28)25-15(9)17(27)23-19(25)3-5-24(2)6-4-19;1-10-12-7-11-9-21-14(20)8-13(11)22-15(12)18(27)25-16(10)17(26)23-19(25)3-5-24(2)6-4-19;;;;/h5-6,11-13,15H,7-10,14H2,1-4H3,(H,32,35)(H,37,38)(H2,29,30,31);7-8H,3-6H2,1-2H3,(H2,20,21)(H,22,26)(H,23,27);8-9,22H,3-7H2,1-2H3,(H2,20,21)(H,23,26);3*1H4;. The first kappa shape index (κ1) is 73.2. The number of nitrogens with one attached hydrogen (secondary N) is 7. The van der Waals surface area contributed by atoms with E-state index in [2.05, 4.69) is 73.6 Å². The molecule has 29 nitrogen and oxygen atoms in total. The summed E-state index contributed by atoms with van der Waals surface area (Å²) in [7, 11) is 9.22. The van der Waals surface area contributed by atoms with Crippen LogP contribution in [-0.4, -0.2) is 152 Å². The van der Waals surface area contributed by atoms with Crippen molar-refractivity contribution in [3.63, 3.8) is 0 Å². The van der Waals surface area contributed by atoms with E-state index in [-0.39, 0.29) is 115 Å². The Balaban J connectivity index is 0.000000174. The van der Waals surface area contributed by atoms with Gasteiger partial charge >= 0.3 is 5.97 Å². The Morgan fingerprint density at radius 3 is 1.74 bits per heavy atom. The van der Waals surface area contributed by atoms with Gasteiger partial charge in [-0.1, -0.05) is 22.3 Å². The van der Waals surface area contributed by atoms with E-state index in [4.69, 9.17) is 20.9 Å². The van der Waals surface area contributed by atoms with E-state index in [1.165, 1.54) is 18.5 Å². The number of aromatic amines is 1. The van der Waals surface area contributed by atoms with Gasteiger partial charge in [-0.2, -0.15) is 0 Å². The van der Waals surface area contributed by atoms with Crippen LogP contribution in [0, 0.1) is 20.8 Å². The molecule has 1 aromatic carbocycles. The summed E-state index contributed by atoms with van der Waals surface area (Å²) in [5, 5.41) is 29.1. The molecule has 0 bridgehead atoms. The summed E-state index contributed by atoms with van der Waals surface area (Å²) in [5.41, 5.74) is 16.2. The van der Waals surface area contributed by atoms with Gasteiger partial charge in [-0.3, -0.25) is 47.3 Å². The van der Waals surface area contributed by atoms with Gasteiger partial charge in [0.1, 0.15) is 85.5 Å². The van der Waals surface area contributed by atoms with E-state index in [0.29, 0.717) is 114 Å². The van der Waals surface area contributed by atoms with Crippen LogP contribution in [-0.2, 0) is 49.4 Å². The molecule has 0 radical (unpaired) electrons. The Labute approximate surface area is 583 Å². The van der Waals surface area contributed by atoms with E-state index in [9.17, 15) is 43.5 Å². The maximum absolute atomic E-state index is 13.8. The molecule has 99 heavy (non-hydrogen) atoms. The van der Waals surface area contributed by atoms with Gasteiger partial charge in [0.15, 0.2) is 5.43 Å². The van der Waals surface area contributed by atoms with Gasteiger partial charge in [0, 0.05) is 164 Å². The van der Waals surface area contributed by atoms with Gasteiger partial charge in [0.25, 0.3) is 34.4 Å². The maximum Gasteiger partial charge on any atom is 0.339 e.